The van der Waals surface area contributed by atoms with Gasteiger partial charge in [0, 0.05) is 5.56 Å². The van der Waals surface area contributed by atoms with E-state index in [1.54, 1.807) is 30.5 Å². The molecule has 0 unspecified atom stereocenters. The Balaban J connectivity index is 1.86. The summed E-state index contributed by atoms with van der Waals surface area (Å²) >= 11 is 0. The van der Waals surface area contributed by atoms with Gasteiger partial charge < -0.3 is 5.11 Å². The average molecular weight is 315 g/mol. The first-order chi connectivity index (χ1) is 11.0. The largest absolute Gasteiger partial charge is 0.481 e. The molecule has 5 nitrogen and oxygen atoms in total. The van der Waals surface area contributed by atoms with E-state index < -0.39 is 17.6 Å². The van der Waals surface area contributed by atoms with Crippen LogP contribution in [0.5, 0.6) is 0 Å². The summed E-state index contributed by atoms with van der Waals surface area (Å²) in [5, 5.41) is 16.6. The fourth-order valence-electron chi connectivity index (χ4n) is 2.12. The van der Waals surface area contributed by atoms with Gasteiger partial charge in [-0.15, -0.1) is 5.10 Å². The summed E-state index contributed by atoms with van der Waals surface area (Å²) in [6.45, 7) is 0. The fourth-order valence-corrected chi connectivity index (χ4v) is 2.12. The molecule has 0 aliphatic heterocycles. The summed E-state index contributed by atoms with van der Waals surface area (Å²) in [5.41, 5.74) is 2.17. The van der Waals surface area contributed by atoms with Crippen LogP contribution in [0.1, 0.15) is 5.56 Å². The number of carboxylic acid groups (broad SMARTS) is 1. The van der Waals surface area contributed by atoms with Crippen LogP contribution in [0.15, 0.2) is 48.7 Å². The molecule has 0 spiro atoms. The third-order valence-corrected chi connectivity index (χ3v) is 3.26. The number of halogens is 2. The highest BCUT2D eigenvalue weighted by molar-refractivity contribution is 5.70. The van der Waals surface area contributed by atoms with Crippen LogP contribution in [0.4, 0.5) is 8.78 Å². The molecule has 0 bridgehead atoms. The van der Waals surface area contributed by atoms with Crippen molar-refractivity contribution in [1.82, 2.24) is 15.0 Å². The van der Waals surface area contributed by atoms with E-state index in [0.29, 0.717) is 22.5 Å². The number of benzene rings is 2. The van der Waals surface area contributed by atoms with Crippen LogP contribution in [0.25, 0.3) is 16.9 Å². The van der Waals surface area contributed by atoms with Gasteiger partial charge in [-0.05, 0) is 35.9 Å². The molecular weight excluding hydrogens is 304 g/mol. The van der Waals surface area contributed by atoms with Crippen molar-refractivity contribution in [2.75, 3.05) is 0 Å². The van der Waals surface area contributed by atoms with Crippen molar-refractivity contribution in [2.45, 2.75) is 6.42 Å². The Kier molecular flexibility index (Phi) is 3.84. The SMILES string of the molecule is O=C(O)Cc1ccc(-n2cc(-c3ccc(F)c(F)c3)nn2)cc1. The predicted octanol–water partition coefficient (Wildman–Crippen LogP) is 2.84. The van der Waals surface area contributed by atoms with E-state index in [-0.39, 0.29) is 6.42 Å². The highest BCUT2D eigenvalue weighted by Crippen LogP contribution is 2.20. The predicted molar refractivity (Wildman–Crippen MR) is 78.1 cm³/mol. The molecule has 0 amide bonds. The molecule has 0 atom stereocenters. The zero-order valence-corrected chi connectivity index (χ0v) is 11.8. The molecule has 2 aromatic carbocycles. The first kappa shape index (κ1) is 14.8. The van der Waals surface area contributed by atoms with Crippen molar-refractivity contribution in [3.8, 4) is 16.9 Å². The lowest BCUT2D eigenvalue weighted by Crippen LogP contribution is -2.00. The number of aromatic nitrogens is 3. The van der Waals surface area contributed by atoms with Crippen molar-refractivity contribution >= 4 is 5.97 Å². The third-order valence-electron chi connectivity index (χ3n) is 3.26. The number of hydrogen-bond acceptors (Lipinski definition) is 3. The molecule has 0 aliphatic rings. The fraction of sp³-hybridized carbons (Fsp3) is 0.0625. The second-order valence-electron chi connectivity index (χ2n) is 4.91. The van der Waals surface area contributed by atoms with Crippen molar-refractivity contribution in [3.05, 3.63) is 65.9 Å². The maximum Gasteiger partial charge on any atom is 0.307 e. The second-order valence-corrected chi connectivity index (χ2v) is 4.91. The van der Waals surface area contributed by atoms with Gasteiger partial charge in [0.2, 0.25) is 0 Å². The molecule has 0 saturated heterocycles. The zero-order chi connectivity index (χ0) is 16.4. The maximum absolute atomic E-state index is 13.3. The van der Waals surface area contributed by atoms with E-state index in [4.69, 9.17) is 5.11 Å². The van der Waals surface area contributed by atoms with Gasteiger partial charge in [-0.2, -0.15) is 0 Å². The molecule has 1 aromatic heterocycles. The van der Waals surface area contributed by atoms with E-state index in [1.807, 2.05) is 0 Å². The topological polar surface area (TPSA) is 68.0 Å². The summed E-state index contributed by atoms with van der Waals surface area (Å²) in [6.07, 6.45) is 1.52. The summed E-state index contributed by atoms with van der Waals surface area (Å²) in [5.74, 6) is -2.77. The van der Waals surface area contributed by atoms with Crippen molar-refractivity contribution in [1.29, 1.82) is 0 Å². The highest BCUT2D eigenvalue weighted by Gasteiger charge is 2.09. The number of rotatable bonds is 4. The number of carbonyl (C=O) groups is 1. The number of aliphatic carboxylic acids is 1. The number of hydrogen-bond donors (Lipinski definition) is 1. The normalized spacial score (nSPS) is 10.7. The summed E-state index contributed by atoms with van der Waals surface area (Å²) in [7, 11) is 0. The van der Waals surface area contributed by atoms with Gasteiger partial charge in [-0.3, -0.25) is 4.79 Å². The summed E-state index contributed by atoms with van der Waals surface area (Å²) in [6, 6.07) is 10.3. The van der Waals surface area contributed by atoms with E-state index in [0.717, 1.165) is 12.1 Å². The first-order valence-corrected chi connectivity index (χ1v) is 6.72. The third kappa shape index (κ3) is 3.23. The lowest BCUT2D eigenvalue weighted by molar-refractivity contribution is -0.136. The minimum Gasteiger partial charge on any atom is -0.481 e. The number of carboxylic acids is 1. The van der Waals surface area contributed by atoms with Crippen LogP contribution >= 0.6 is 0 Å². The Hall–Kier alpha value is -3.09. The molecule has 0 aliphatic carbocycles. The summed E-state index contributed by atoms with van der Waals surface area (Å²) in [4.78, 5) is 10.7. The van der Waals surface area contributed by atoms with Gasteiger partial charge in [0.1, 0.15) is 5.69 Å². The Bertz CT molecular complexity index is 860. The quantitative estimate of drug-likeness (QED) is 0.804. The first-order valence-electron chi connectivity index (χ1n) is 6.72. The van der Waals surface area contributed by atoms with E-state index in [2.05, 4.69) is 10.3 Å². The van der Waals surface area contributed by atoms with E-state index in [9.17, 15) is 13.6 Å². The van der Waals surface area contributed by atoms with Crippen LogP contribution in [0.2, 0.25) is 0 Å². The smallest absolute Gasteiger partial charge is 0.307 e. The van der Waals surface area contributed by atoms with Crippen molar-refractivity contribution < 1.29 is 18.7 Å². The van der Waals surface area contributed by atoms with Gasteiger partial charge in [-0.1, -0.05) is 17.3 Å². The van der Waals surface area contributed by atoms with Crippen LogP contribution < -0.4 is 0 Å². The Morgan fingerprint density at radius 2 is 1.83 bits per heavy atom. The van der Waals surface area contributed by atoms with Crippen LogP contribution in [-0.4, -0.2) is 26.1 Å². The molecule has 3 rings (SSSR count). The summed E-state index contributed by atoms with van der Waals surface area (Å²) < 4.78 is 27.7. The van der Waals surface area contributed by atoms with Gasteiger partial charge in [0.15, 0.2) is 11.6 Å². The van der Waals surface area contributed by atoms with Crippen molar-refractivity contribution in [2.24, 2.45) is 0 Å². The Morgan fingerprint density at radius 3 is 2.48 bits per heavy atom. The molecule has 1 heterocycles. The molecule has 0 fully saturated rings. The van der Waals surface area contributed by atoms with E-state index >= 15 is 0 Å². The Morgan fingerprint density at radius 1 is 1.09 bits per heavy atom. The molecule has 23 heavy (non-hydrogen) atoms. The lowest BCUT2D eigenvalue weighted by Gasteiger charge is -2.01. The van der Waals surface area contributed by atoms with Gasteiger partial charge in [0.05, 0.1) is 18.3 Å². The molecular formula is C16H11F2N3O2. The van der Waals surface area contributed by atoms with Crippen LogP contribution in [0.3, 0.4) is 0 Å². The molecule has 3 aromatic rings. The zero-order valence-electron chi connectivity index (χ0n) is 11.8. The van der Waals surface area contributed by atoms with Gasteiger partial charge >= 0.3 is 5.97 Å². The Labute approximate surface area is 129 Å². The minimum absolute atomic E-state index is 0.0578. The van der Waals surface area contributed by atoms with Gasteiger partial charge in [0.25, 0.3) is 0 Å². The second kappa shape index (κ2) is 5.96. The molecule has 0 radical (unpaired) electrons. The monoisotopic (exact) mass is 315 g/mol. The highest BCUT2D eigenvalue weighted by atomic mass is 19.2. The standard InChI is InChI=1S/C16H11F2N3O2/c17-13-6-3-11(8-14(13)18)15-9-21(20-19-15)12-4-1-10(2-5-12)7-16(22)23/h1-6,8-9H,7H2,(H,22,23). The van der Waals surface area contributed by atoms with E-state index in [1.165, 1.54) is 10.7 Å². The maximum atomic E-state index is 13.3. The van der Waals surface area contributed by atoms with Gasteiger partial charge in [-0.25, -0.2) is 13.5 Å². The minimum atomic E-state index is -0.949. The molecule has 0 saturated carbocycles. The molecule has 7 heteroatoms. The van der Waals surface area contributed by atoms with Crippen molar-refractivity contribution in [3.63, 3.8) is 0 Å². The molecule has 1 N–H and O–H groups in total. The average Bonchev–Trinajstić information content (AvgIpc) is 3.00. The van der Waals surface area contributed by atoms with Crippen LogP contribution in [-0.2, 0) is 11.2 Å². The lowest BCUT2D eigenvalue weighted by atomic mass is 10.1. The molecule has 116 valence electrons. The van der Waals surface area contributed by atoms with Crippen LogP contribution in [0, 0.1) is 11.6 Å². The number of nitrogens with zero attached hydrogens (tertiary/aromatic N) is 3.